The summed E-state index contributed by atoms with van der Waals surface area (Å²) in [5, 5.41) is 2.70. The summed E-state index contributed by atoms with van der Waals surface area (Å²) in [5.41, 5.74) is 13.9. The first-order valence-corrected chi connectivity index (χ1v) is 7.47. The average Bonchev–Trinajstić information content (AvgIpc) is 2.77. The van der Waals surface area contributed by atoms with Crippen LogP contribution in [-0.2, 0) is 12.8 Å². The Kier molecular flexibility index (Phi) is 3.51. The maximum absolute atomic E-state index is 5.64. The number of hydrogen-bond acceptors (Lipinski definition) is 3. The smallest absolute Gasteiger partial charge is 0.0355 e. The van der Waals surface area contributed by atoms with Crippen LogP contribution in [0.4, 0.5) is 0 Å². The molecule has 0 fully saturated rings. The molecule has 0 aliphatic rings. The number of benzene rings is 2. The largest absolute Gasteiger partial charge is 0.330 e. The minimum Gasteiger partial charge on any atom is -0.330 e. The van der Waals surface area contributed by atoms with Gasteiger partial charge in [-0.25, -0.2) is 0 Å². The van der Waals surface area contributed by atoms with Gasteiger partial charge in [0.2, 0.25) is 0 Å². The zero-order chi connectivity index (χ0) is 13.2. The molecule has 1 heterocycles. The van der Waals surface area contributed by atoms with E-state index in [9.17, 15) is 0 Å². The molecule has 0 aliphatic carbocycles. The van der Waals surface area contributed by atoms with Gasteiger partial charge in [-0.15, -0.1) is 11.3 Å². The highest BCUT2D eigenvalue weighted by Gasteiger charge is 2.06. The molecule has 0 radical (unpaired) electrons. The molecule has 2 aromatic carbocycles. The van der Waals surface area contributed by atoms with Gasteiger partial charge >= 0.3 is 0 Å². The normalized spacial score (nSPS) is 11.5. The first-order chi connectivity index (χ1) is 9.31. The molecule has 0 atom stereocenters. The van der Waals surface area contributed by atoms with Crippen molar-refractivity contribution in [3.63, 3.8) is 0 Å². The van der Waals surface area contributed by atoms with E-state index in [1.165, 1.54) is 31.3 Å². The monoisotopic (exact) mass is 270 g/mol. The molecule has 0 amide bonds. The Morgan fingerprint density at radius 1 is 0.737 bits per heavy atom. The Hall–Kier alpha value is -1.42. The Labute approximate surface area is 117 Å². The van der Waals surface area contributed by atoms with Crippen LogP contribution in [0, 0.1) is 0 Å². The minimum atomic E-state index is 0.700. The van der Waals surface area contributed by atoms with E-state index in [1.807, 2.05) is 11.3 Å². The lowest BCUT2D eigenvalue weighted by atomic mass is 10.0. The predicted octanol–water partition coefficient (Wildman–Crippen LogP) is 3.06. The third-order valence-corrected chi connectivity index (χ3v) is 4.62. The van der Waals surface area contributed by atoms with E-state index in [2.05, 4.69) is 36.4 Å². The number of fused-ring (bicyclic) bond motifs is 3. The topological polar surface area (TPSA) is 52.0 Å². The van der Waals surface area contributed by atoms with Crippen molar-refractivity contribution in [3.05, 3.63) is 47.5 Å². The Morgan fingerprint density at radius 3 is 1.63 bits per heavy atom. The van der Waals surface area contributed by atoms with Crippen LogP contribution in [0.1, 0.15) is 11.1 Å². The van der Waals surface area contributed by atoms with E-state index in [4.69, 9.17) is 11.5 Å². The molecular weight excluding hydrogens is 252 g/mol. The molecule has 3 heteroatoms. The fraction of sp³-hybridized carbons (Fsp3) is 0.250. The van der Waals surface area contributed by atoms with Crippen molar-refractivity contribution in [3.8, 4) is 0 Å². The second kappa shape index (κ2) is 5.29. The highest BCUT2D eigenvalue weighted by molar-refractivity contribution is 7.25. The van der Waals surface area contributed by atoms with E-state index in [0.29, 0.717) is 13.1 Å². The standard InChI is InChI=1S/C16H18N2S/c17-7-5-11-1-3-15-13(9-11)14-10-12(6-8-18)2-4-16(14)19-15/h1-4,9-10H,5-8,17-18H2. The molecule has 0 bridgehead atoms. The van der Waals surface area contributed by atoms with Crippen molar-refractivity contribution in [2.75, 3.05) is 13.1 Å². The van der Waals surface area contributed by atoms with Crippen LogP contribution in [-0.4, -0.2) is 13.1 Å². The molecular formula is C16H18N2S. The molecule has 3 rings (SSSR count). The van der Waals surface area contributed by atoms with E-state index in [0.717, 1.165) is 12.8 Å². The molecule has 0 spiro atoms. The highest BCUT2D eigenvalue weighted by Crippen LogP contribution is 2.35. The van der Waals surface area contributed by atoms with Gasteiger partial charge in [0.05, 0.1) is 0 Å². The van der Waals surface area contributed by atoms with E-state index in [1.54, 1.807) is 0 Å². The van der Waals surface area contributed by atoms with Gasteiger partial charge < -0.3 is 11.5 Å². The lowest BCUT2D eigenvalue weighted by Crippen LogP contribution is -2.02. The van der Waals surface area contributed by atoms with Crippen LogP contribution in [0.3, 0.4) is 0 Å². The summed E-state index contributed by atoms with van der Waals surface area (Å²) in [4.78, 5) is 0. The van der Waals surface area contributed by atoms with Gasteiger partial charge in [-0.05, 0) is 61.3 Å². The summed E-state index contributed by atoms with van der Waals surface area (Å²) >= 11 is 1.85. The van der Waals surface area contributed by atoms with Crippen LogP contribution in [0.15, 0.2) is 36.4 Å². The summed E-state index contributed by atoms with van der Waals surface area (Å²) in [6, 6.07) is 13.4. The molecule has 19 heavy (non-hydrogen) atoms. The van der Waals surface area contributed by atoms with Crippen molar-refractivity contribution in [2.45, 2.75) is 12.8 Å². The Bertz CT molecular complexity index is 655. The number of nitrogens with two attached hydrogens (primary N) is 2. The van der Waals surface area contributed by atoms with Crippen molar-refractivity contribution < 1.29 is 0 Å². The molecule has 2 nitrogen and oxygen atoms in total. The lowest BCUT2D eigenvalue weighted by Gasteiger charge is -2.01. The fourth-order valence-electron chi connectivity index (χ4n) is 2.52. The van der Waals surface area contributed by atoms with Crippen molar-refractivity contribution >= 4 is 31.5 Å². The second-order valence-electron chi connectivity index (χ2n) is 4.84. The Balaban J connectivity index is 2.19. The van der Waals surface area contributed by atoms with Gasteiger partial charge in [0.25, 0.3) is 0 Å². The Morgan fingerprint density at radius 2 is 1.21 bits per heavy atom. The molecule has 0 saturated carbocycles. The number of rotatable bonds is 4. The van der Waals surface area contributed by atoms with Crippen LogP contribution in [0.5, 0.6) is 0 Å². The van der Waals surface area contributed by atoms with Crippen LogP contribution in [0.2, 0.25) is 0 Å². The van der Waals surface area contributed by atoms with E-state index >= 15 is 0 Å². The van der Waals surface area contributed by atoms with Gasteiger partial charge in [-0.2, -0.15) is 0 Å². The zero-order valence-corrected chi connectivity index (χ0v) is 11.7. The molecule has 0 saturated heterocycles. The second-order valence-corrected chi connectivity index (χ2v) is 5.92. The molecule has 4 N–H and O–H groups in total. The van der Waals surface area contributed by atoms with Crippen LogP contribution in [0.25, 0.3) is 20.2 Å². The van der Waals surface area contributed by atoms with Gasteiger partial charge in [0, 0.05) is 20.2 Å². The highest BCUT2D eigenvalue weighted by atomic mass is 32.1. The maximum atomic E-state index is 5.64. The first kappa shape index (κ1) is 12.6. The summed E-state index contributed by atoms with van der Waals surface area (Å²) in [6.07, 6.45) is 1.88. The van der Waals surface area contributed by atoms with Gasteiger partial charge in [0.1, 0.15) is 0 Å². The van der Waals surface area contributed by atoms with Crippen molar-refractivity contribution in [2.24, 2.45) is 11.5 Å². The first-order valence-electron chi connectivity index (χ1n) is 6.66. The summed E-state index contributed by atoms with van der Waals surface area (Å²) in [6.45, 7) is 1.40. The third kappa shape index (κ3) is 2.37. The average molecular weight is 270 g/mol. The van der Waals surface area contributed by atoms with Gasteiger partial charge in [-0.3, -0.25) is 0 Å². The lowest BCUT2D eigenvalue weighted by molar-refractivity contribution is 0.970. The van der Waals surface area contributed by atoms with E-state index in [-0.39, 0.29) is 0 Å². The van der Waals surface area contributed by atoms with E-state index < -0.39 is 0 Å². The fourth-order valence-corrected chi connectivity index (χ4v) is 3.58. The van der Waals surface area contributed by atoms with Crippen LogP contribution < -0.4 is 11.5 Å². The molecule has 3 aromatic rings. The van der Waals surface area contributed by atoms with Gasteiger partial charge in [-0.1, -0.05) is 12.1 Å². The predicted molar refractivity (Wildman–Crippen MR) is 84.8 cm³/mol. The molecule has 0 aliphatic heterocycles. The SMILES string of the molecule is NCCc1ccc2sc3ccc(CCN)cc3c2c1. The molecule has 0 unspecified atom stereocenters. The molecule has 1 aromatic heterocycles. The van der Waals surface area contributed by atoms with Crippen molar-refractivity contribution in [1.82, 2.24) is 0 Å². The number of thiophene rings is 1. The zero-order valence-electron chi connectivity index (χ0n) is 10.9. The third-order valence-electron chi connectivity index (χ3n) is 3.46. The number of hydrogen-bond donors (Lipinski definition) is 2. The minimum absolute atomic E-state index is 0.700. The molecule has 98 valence electrons. The summed E-state index contributed by atoms with van der Waals surface area (Å²) in [7, 11) is 0. The quantitative estimate of drug-likeness (QED) is 0.765. The summed E-state index contributed by atoms with van der Waals surface area (Å²) in [5.74, 6) is 0. The van der Waals surface area contributed by atoms with Crippen molar-refractivity contribution in [1.29, 1.82) is 0 Å². The maximum Gasteiger partial charge on any atom is 0.0355 e. The summed E-state index contributed by atoms with van der Waals surface area (Å²) < 4.78 is 2.70. The van der Waals surface area contributed by atoms with Crippen LogP contribution >= 0.6 is 11.3 Å². The van der Waals surface area contributed by atoms with Gasteiger partial charge in [0.15, 0.2) is 0 Å².